The quantitative estimate of drug-likeness (QED) is 0.837. The van der Waals surface area contributed by atoms with Gasteiger partial charge in [-0.15, -0.1) is 0 Å². The molecule has 0 spiro atoms. The molecule has 21 heavy (non-hydrogen) atoms. The summed E-state index contributed by atoms with van der Waals surface area (Å²) in [7, 11) is 2.23. The molecule has 1 saturated heterocycles. The molecule has 2 fully saturated rings. The SMILES string of the molecule is CN1CCCCC1CCOc1ccc(CNC2CC2)nc1. The van der Waals surface area contributed by atoms with Crippen LogP contribution < -0.4 is 10.1 Å². The number of aromatic nitrogens is 1. The van der Waals surface area contributed by atoms with E-state index < -0.39 is 0 Å². The maximum Gasteiger partial charge on any atom is 0.137 e. The van der Waals surface area contributed by atoms with Gasteiger partial charge in [0.15, 0.2) is 0 Å². The minimum absolute atomic E-state index is 0.689. The van der Waals surface area contributed by atoms with Crippen LogP contribution >= 0.6 is 0 Å². The molecule has 2 aliphatic rings. The lowest BCUT2D eigenvalue weighted by Crippen LogP contribution is -2.37. The van der Waals surface area contributed by atoms with Gasteiger partial charge in [0.1, 0.15) is 5.75 Å². The second-order valence-electron chi connectivity index (χ2n) is 6.41. The molecule has 2 heterocycles. The Bertz CT molecular complexity index is 430. The number of rotatable bonds is 7. The Kier molecular flexibility index (Phi) is 5.09. The van der Waals surface area contributed by atoms with E-state index in [0.29, 0.717) is 6.04 Å². The van der Waals surface area contributed by atoms with Crippen molar-refractivity contribution in [3.8, 4) is 5.75 Å². The fourth-order valence-corrected chi connectivity index (χ4v) is 2.96. The first-order valence-corrected chi connectivity index (χ1v) is 8.32. The second-order valence-corrected chi connectivity index (χ2v) is 6.41. The predicted octanol–water partition coefficient (Wildman–Crippen LogP) is 2.59. The molecule has 116 valence electrons. The summed E-state index contributed by atoms with van der Waals surface area (Å²) in [4.78, 5) is 6.93. The van der Waals surface area contributed by atoms with Gasteiger partial charge >= 0.3 is 0 Å². The summed E-state index contributed by atoms with van der Waals surface area (Å²) in [6.45, 7) is 2.89. The van der Waals surface area contributed by atoms with E-state index in [1.54, 1.807) is 0 Å². The van der Waals surface area contributed by atoms with Crippen LogP contribution in [0.2, 0.25) is 0 Å². The molecule has 1 N–H and O–H groups in total. The molecule has 1 saturated carbocycles. The Morgan fingerprint density at radius 3 is 2.90 bits per heavy atom. The number of nitrogens with one attached hydrogen (secondary N) is 1. The highest BCUT2D eigenvalue weighted by Crippen LogP contribution is 2.20. The van der Waals surface area contributed by atoms with Crippen LogP contribution in [0.15, 0.2) is 18.3 Å². The van der Waals surface area contributed by atoms with E-state index in [2.05, 4.69) is 28.3 Å². The van der Waals surface area contributed by atoms with E-state index >= 15 is 0 Å². The average Bonchev–Trinajstić information content (AvgIpc) is 3.33. The molecule has 1 atom stereocenters. The maximum absolute atomic E-state index is 5.84. The number of nitrogens with zero attached hydrogens (tertiary/aromatic N) is 2. The van der Waals surface area contributed by atoms with E-state index in [-0.39, 0.29) is 0 Å². The molecule has 0 amide bonds. The van der Waals surface area contributed by atoms with Gasteiger partial charge in [-0.3, -0.25) is 4.98 Å². The number of pyridine rings is 1. The molecular weight excluding hydrogens is 262 g/mol. The van der Waals surface area contributed by atoms with E-state index in [4.69, 9.17) is 4.74 Å². The van der Waals surface area contributed by atoms with E-state index in [1.165, 1.54) is 38.6 Å². The Labute approximate surface area is 127 Å². The lowest BCUT2D eigenvalue weighted by molar-refractivity contribution is 0.153. The van der Waals surface area contributed by atoms with Gasteiger partial charge in [0.05, 0.1) is 18.5 Å². The van der Waals surface area contributed by atoms with Crippen LogP contribution in [0, 0.1) is 0 Å². The van der Waals surface area contributed by atoms with Crippen molar-refractivity contribution >= 4 is 0 Å². The van der Waals surface area contributed by atoms with Gasteiger partial charge in [0.2, 0.25) is 0 Å². The molecule has 0 bridgehead atoms. The number of hydrogen-bond acceptors (Lipinski definition) is 4. The standard InChI is InChI=1S/C17H27N3O/c1-20-10-3-2-4-16(20)9-11-21-17-8-7-15(19-13-17)12-18-14-5-6-14/h7-8,13-14,16,18H,2-6,9-12H2,1H3. The normalized spacial score (nSPS) is 23.2. The summed E-state index contributed by atoms with van der Waals surface area (Å²) in [5.74, 6) is 0.892. The minimum Gasteiger partial charge on any atom is -0.492 e. The second kappa shape index (κ2) is 7.23. The summed E-state index contributed by atoms with van der Waals surface area (Å²) < 4.78 is 5.84. The van der Waals surface area contributed by atoms with Crippen molar-refractivity contribution in [1.29, 1.82) is 0 Å². The van der Waals surface area contributed by atoms with Crippen LogP contribution in [0.5, 0.6) is 5.75 Å². The summed E-state index contributed by atoms with van der Waals surface area (Å²) >= 11 is 0. The summed E-state index contributed by atoms with van der Waals surface area (Å²) in [5, 5.41) is 3.47. The number of hydrogen-bond donors (Lipinski definition) is 1. The van der Waals surface area contributed by atoms with Gasteiger partial charge in [0.25, 0.3) is 0 Å². The zero-order valence-electron chi connectivity index (χ0n) is 13.1. The monoisotopic (exact) mass is 289 g/mol. The summed E-state index contributed by atoms with van der Waals surface area (Å²) in [5.41, 5.74) is 1.10. The molecular formula is C17H27N3O. The van der Waals surface area contributed by atoms with Gasteiger partial charge in [-0.25, -0.2) is 0 Å². The first-order chi connectivity index (χ1) is 10.3. The lowest BCUT2D eigenvalue weighted by atomic mass is 10.0. The molecule has 1 unspecified atom stereocenters. The highest BCUT2D eigenvalue weighted by molar-refractivity contribution is 5.19. The molecule has 0 radical (unpaired) electrons. The van der Waals surface area contributed by atoms with Gasteiger partial charge in [-0.05, 0) is 57.8 Å². The Hall–Kier alpha value is -1.13. The van der Waals surface area contributed by atoms with Gasteiger partial charge < -0.3 is 15.0 Å². The van der Waals surface area contributed by atoms with E-state index in [9.17, 15) is 0 Å². The van der Waals surface area contributed by atoms with Crippen LogP contribution in [0.4, 0.5) is 0 Å². The van der Waals surface area contributed by atoms with Crippen LogP contribution in [-0.2, 0) is 6.54 Å². The van der Waals surface area contributed by atoms with E-state index in [1.807, 2.05) is 12.3 Å². The summed E-state index contributed by atoms with van der Waals surface area (Å²) in [6, 6.07) is 5.53. The number of piperidine rings is 1. The Morgan fingerprint density at radius 1 is 1.29 bits per heavy atom. The zero-order chi connectivity index (χ0) is 14.5. The largest absolute Gasteiger partial charge is 0.492 e. The van der Waals surface area contributed by atoms with Crippen molar-refractivity contribution in [1.82, 2.24) is 15.2 Å². The van der Waals surface area contributed by atoms with Crippen molar-refractivity contribution in [2.75, 3.05) is 20.2 Å². The zero-order valence-corrected chi connectivity index (χ0v) is 13.1. The third-order valence-electron chi connectivity index (χ3n) is 4.59. The van der Waals surface area contributed by atoms with Crippen LogP contribution in [0.25, 0.3) is 0 Å². The van der Waals surface area contributed by atoms with Crippen molar-refractivity contribution in [3.63, 3.8) is 0 Å². The minimum atomic E-state index is 0.689. The molecule has 1 aromatic rings. The Morgan fingerprint density at radius 2 is 2.19 bits per heavy atom. The molecule has 1 aliphatic carbocycles. The predicted molar refractivity (Wildman–Crippen MR) is 84.5 cm³/mol. The van der Waals surface area contributed by atoms with Crippen molar-refractivity contribution < 1.29 is 4.74 Å². The van der Waals surface area contributed by atoms with Gasteiger partial charge in [-0.2, -0.15) is 0 Å². The third-order valence-corrected chi connectivity index (χ3v) is 4.59. The van der Waals surface area contributed by atoms with Crippen molar-refractivity contribution in [2.24, 2.45) is 0 Å². The lowest BCUT2D eigenvalue weighted by Gasteiger charge is -2.32. The van der Waals surface area contributed by atoms with Crippen LogP contribution in [0.1, 0.15) is 44.2 Å². The van der Waals surface area contributed by atoms with Gasteiger partial charge in [-0.1, -0.05) is 6.42 Å². The third kappa shape index (κ3) is 4.68. The molecule has 1 aromatic heterocycles. The van der Waals surface area contributed by atoms with Crippen molar-refractivity contribution in [2.45, 2.75) is 57.2 Å². The molecule has 0 aromatic carbocycles. The first-order valence-electron chi connectivity index (χ1n) is 8.32. The smallest absolute Gasteiger partial charge is 0.137 e. The first kappa shape index (κ1) is 14.8. The van der Waals surface area contributed by atoms with Gasteiger partial charge in [0, 0.05) is 18.6 Å². The fraction of sp³-hybridized carbons (Fsp3) is 0.706. The molecule has 4 heteroatoms. The van der Waals surface area contributed by atoms with E-state index in [0.717, 1.165) is 37.1 Å². The average molecular weight is 289 g/mol. The highest BCUT2D eigenvalue weighted by atomic mass is 16.5. The number of likely N-dealkylation sites (tertiary alicyclic amines) is 1. The topological polar surface area (TPSA) is 37.4 Å². The fourth-order valence-electron chi connectivity index (χ4n) is 2.96. The molecule has 3 rings (SSSR count). The number of ether oxygens (including phenoxy) is 1. The van der Waals surface area contributed by atoms with Crippen LogP contribution in [0.3, 0.4) is 0 Å². The molecule has 1 aliphatic heterocycles. The van der Waals surface area contributed by atoms with Crippen LogP contribution in [-0.4, -0.2) is 42.2 Å². The molecule has 4 nitrogen and oxygen atoms in total. The highest BCUT2D eigenvalue weighted by Gasteiger charge is 2.20. The summed E-state index contributed by atoms with van der Waals surface area (Å²) in [6.07, 6.45) is 9.61. The van der Waals surface area contributed by atoms with Crippen molar-refractivity contribution in [3.05, 3.63) is 24.0 Å². The maximum atomic E-state index is 5.84. The Balaban J connectivity index is 1.38.